The first kappa shape index (κ1) is 12.6. The highest BCUT2D eigenvalue weighted by atomic mass is 35.5. The second kappa shape index (κ2) is 5.56. The van der Waals surface area contributed by atoms with Crippen molar-refractivity contribution in [1.29, 1.82) is 0 Å². The van der Waals surface area contributed by atoms with Gasteiger partial charge in [-0.1, -0.05) is 17.7 Å². The van der Waals surface area contributed by atoms with Gasteiger partial charge in [-0.2, -0.15) is 0 Å². The lowest BCUT2D eigenvalue weighted by atomic mass is 10.1. The van der Waals surface area contributed by atoms with Gasteiger partial charge in [0.1, 0.15) is 5.75 Å². The Morgan fingerprint density at radius 2 is 2.31 bits per heavy atom. The first-order chi connectivity index (χ1) is 7.60. The molecule has 1 amide bonds. The minimum absolute atomic E-state index is 0.0972. The third kappa shape index (κ3) is 2.76. The number of amides is 1. The molecular formula is C12H14ClNO2. The molecule has 4 heteroatoms. The number of aromatic hydroxyl groups is 1. The molecule has 0 saturated heterocycles. The van der Waals surface area contributed by atoms with Crippen LogP contribution in [-0.2, 0) is 0 Å². The molecule has 1 aromatic carbocycles. The normalized spacial score (nSPS) is 9.88. The van der Waals surface area contributed by atoms with Crippen molar-refractivity contribution in [2.45, 2.75) is 6.92 Å². The summed E-state index contributed by atoms with van der Waals surface area (Å²) < 4.78 is 0. The van der Waals surface area contributed by atoms with Crippen LogP contribution in [0.25, 0.3) is 0 Å². The molecule has 0 aliphatic carbocycles. The van der Waals surface area contributed by atoms with E-state index in [1.165, 1.54) is 12.1 Å². The van der Waals surface area contributed by atoms with Crippen LogP contribution in [0.15, 0.2) is 30.9 Å². The van der Waals surface area contributed by atoms with Gasteiger partial charge in [-0.15, -0.1) is 6.58 Å². The number of rotatable bonds is 4. The fourth-order valence-electron chi connectivity index (χ4n) is 1.37. The lowest BCUT2D eigenvalue weighted by Crippen LogP contribution is -2.30. The zero-order valence-corrected chi connectivity index (χ0v) is 9.87. The predicted octanol–water partition coefficient (Wildman–Crippen LogP) is 2.69. The lowest BCUT2D eigenvalue weighted by molar-refractivity contribution is 0.0779. The van der Waals surface area contributed by atoms with E-state index in [-0.39, 0.29) is 17.2 Å². The maximum atomic E-state index is 12.0. The molecule has 1 N–H and O–H groups in total. The minimum atomic E-state index is -0.225. The fourth-order valence-corrected chi connectivity index (χ4v) is 1.53. The van der Waals surface area contributed by atoms with Crippen LogP contribution in [0.2, 0.25) is 5.02 Å². The molecule has 0 radical (unpaired) electrons. The molecule has 16 heavy (non-hydrogen) atoms. The van der Waals surface area contributed by atoms with Crippen molar-refractivity contribution in [1.82, 2.24) is 4.90 Å². The third-order valence-electron chi connectivity index (χ3n) is 2.21. The zero-order chi connectivity index (χ0) is 12.1. The molecule has 0 aliphatic rings. The Bertz CT molecular complexity index is 404. The van der Waals surface area contributed by atoms with Crippen LogP contribution in [0, 0.1) is 0 Å². The largest absolute Gasteiger partial charge is 0.507 e. The van der Waals surface area contributed by atoms with Crippen molar-refractivity contribution in [3.8, 4) is 5.75 Å². The molecule has 0 saturated carbocycles. The Balaban J connectivity index is 2.98. The average molecular weight is 240 g/mol. The van der Waals surface area contributed by atoms with Crippen LogP contribution in [0.3, 0.4) is 0 Å². The van der Waals surface area contributed by atoms with Gasteiger partial charge in [-0.25, -0.2) is 0 Å². The molecule has 0 spiro atoms. The topological polar surface area (TPSA) is 40.5 Å². The van der Waals surface area contributed by atoms with E-state index in [1.54, 1.807) is 17.0 Å². The Labute approximate surface area is 100.0 Å². The summed E-state index contributed by atoms with van der Waals surface area (Å²) in [5, 5.41) is 10.0. The van der Waals surface area contributed by atoms with Crippen LogP contribution in [-0.4, -0.2) is 29.0 Å². The number of carbonyl (C=O) groups excluding carboxylic acids is 1. The molecule has 1 aromatic rings. The molecule has 3 nitrogen and oxygen atoms in total. The smallest absolute Gasteiger partial charge is 0.257 e. The number of benzene rings is 1. The SMILES string of the molecule is C=CCN(CC)C(=O)c1ccc(Cl)cc1O. The molecule has 0 aromatic heterocycles. The number of halogens is 1. The third-order valence-corrected chi connectivity index (χ3v) is 2.44. The van der Waals surface area contributed by atoms with Crippen LogP contribution in [0.4, 0.5) is 0 Å². The summed E-state index contributed by atoms with van der Waals surface area (Å²) in [6, 6.07) is 4.46. The highest BCUT2D eigenvalue weighted by Crippen LogP contribution is 2.23. The second-order valence-corrected chi connectivity index (χ2v) is 3.73. The van der Waals surface area contributed by atoms with Crippen molar-refractivity contribution >= 4 is 17.5 Å². The number of phenols is 1. The maximum absolute atomic E-state index is 12.0. The summed E-state index contributed by atoms with van der Waals surface area (Å²) in [5.41, 5.74) is 0.258. The molecule has 0 fully saturated rings. The number of hydrogen-bond acceptors (Lipinski definition) is 2. The van der Waals surface area contributed by atoms with E-state index in [0.717, 1.165) is 0 Å². The number of likely N-dealkylation sites (N-methyl/N-ethyl adjacent to an activating group) is 1. The quantitative estimate of drug-likeness (QED) is 0.821. The minimum Gasteiger partial charge on any atom is -0.507 e. The Morgan fingerprint density at radius 1 is 1.62 bits per heavy atom. The molecule has 0 bridgehead atoms. The van der Waals surface area contributed by atoms with E-state index in [0.29, 0.717) is 18.1 Å². The molecule has 86 valence electrons. The number of hydrogen-bond donors (Lipinski definition) is 1. The van der Waals surface area contributed by atoms with Crippen molar-refractivity contribution in [3.63, 3.8) is 0 Å². The van der Waals surface area contributed by atoms with E-state index >= 15 is 0 Å². The van der Waals surface area contributed by atoms with Gasteiger partial charge in [0.2, 0.25) is 0 Å². The van der Waals surface area contributed by atoms with E-state index < -0.39 is 0 Å². The van der Waals surface area contributed by atoms with Crippen LogP contribution in [0.5, 0.6) is 5.75 Å². The number of phenolic OH excluding ortho intramolecular Hbond substituents is 1. The predicted molar refractivity (Wildman–Crippen MR) is 64.9 cm³/mol. The van der Waals surface area contributed by atoms with Gasteiger partial charge in [0, 0.05) is 18.1 Å². The van der Waals surface area contributed by atoms with Crippen molar-refractivity contribution in [2.24, 2.45) is 0 Å². The molecule has 1 rings (SSSR count). The van der Waals surface area contributed by atoms with Crippen molar-refractivity contribution < 1.29 is 9.90 Å². The first-order valence-electron chi connectivity index (χ1n) is 4.98. The van der Waals surface area contributed by atoms with Gasteiger partial charge in [-0.3, -0.25) is 4.79 Å². The Hall–Kier alpha value is -1.48. The van der Waals surface area contributed by atoms with Gasteiger partial charge >= 0.3 is 0 Å². The molecule has 0 atom stereocenters. The fraction of sp³-hybridized carbons (Fsp3) is 0.250. The highest BCUT2D eigenvalue weighted by Gasteiger charge is 2.16. The average Bonchev–Trinajstić information content (AvgIpc) is 2.25. The maximum Gasteiger partial charge on any atom is 0.257 e. The molecular weight excluding hydrogens is 226 g/mol. The zero-order valence-electron chi connectivity index (χ0n) is 9.11. The van der Waals surface area contributed by atoms with Gasteiger partial charge in [0.05, 0.1) is 5.56 Å². The van der Waals surface area contributed by atoms with Gasteiger partial charge in [0.25, 0.3) is 5.91 Å². The number of carbonyl (C=O) groups is 1. The molecule has 0 unspecified atom stereocenters. The molecule has 0 aliphatic heterocycles. The van der Waals surface area contributed by atoms with E-state index in [4.69, 9.17) is 11.6 Å². The van der Waals surface area contributed by atoms with Crippen LogP contribution in [0.1, 0.15) is 17.3 Å². The van der Waals surface area contributed by atoms with Crippen LogP contribution >= 0.6 is 11.6 Å². The second-order valence-electron chi connectivity index (χ2n) is 3.29. The first-order valence-corrected chi connectivity index (χ1v) is 5.36. The van der Waals surface area contributed by atoms with Crippen LogP contribution < -0.4 is 0 Å². The summed E-state index contributed by atoms with van der Waals surface area (Å²) in [4.78, 5) is 13.6. The lowest BCUT2D eigenvalue weighted by Gasteiger charge is -2.19. The Kier molecular flexibility index (Phi) is 4.38. The number of nitrogens with zero attached hydrogens (tertiary/aromatic N) is 1. The summed E-state index contributed by atoms with van der Waals surface area (Å²) in [6.07, 6.45) is 1.65. The van der Waals surface area contributed by atoms with E-state index in [2.05, 4.69) is 6.58 Å². The highest BCUT2D eigenvalue weighted by molar-refractivity contribution is 6.30. The summed E-state index contributed by atoms with van der Waals surface area (Å²) in [7, 11) is 0. The summed E-state index contributed by atoms with van der Waals surface area (Å²) in [6.45, 7) is 6.47. The monoisotopic (exact) mass is 239 g/mol. The van der Waals surface area contributed by atoms with Gasteiger partial charge < -0.3 is 10.0 Å². The summed E-state index contributed by atoms with van der Waals surface area (Å²) in [5.74, 6) is -0.323. The standard InChI is InChI=1S/C12H14ClNO2/c1-3-7-14(4-2)12(16)10-6-5-9(13)8-11(10)15/h3,5-6,8,15H,1,4,7H2,2H3. The van der Waals surface area contributed by atoms with Crippen molar-refractivity contribution in [3.05, 3.63) is 41.4 Å². The van der Waals surface area contributed by atoms with E-state index in [1.807, 2.05) is 6.92 Å². The van der Waals surface area contributed by atoms with Gasteiger partial charge in [-0.05, 0) is 25.1 Å². The Morgan fingerprint density at radius 3 is 2.81 bits per heavy atom. The van der Waals surface area contributed by atoms with Gasteiger partial charge in [0.15, 0.2) is 0 Å². The van der Waals surface area contributed by atoms with Crippen molar-refractivity contribution in [2.75, 3.05) is 13.1 Å². The van der Waals surface area contributed by atoms with E-state index in [9.17, 15) is 9.90 Å². The summed E-state index contributed by atoms with van der Waals surface area (Å²) >= 11 is 5.70. The molecule has 0 heterocycles.